The predicted molar refractivity (Wildman–Crippen MR) is 89.2 cm³/mol. The van der Waals surface area contributed by atoms with Gasteiger partial charge in [0.2, 0.25) is 5.91 Å². The number of urea groups is 1. The smallest absolute Gasteiger partial charge is 0.317 e. The molecule has 6 heteroatoms. The normalized spacial score (nSPS) is 18.6. The molecule has 5 nitrogen and oxygen atoms in total. The van der Waals surface area contributed by atoms with Gasteiger partial charge in [0.1, 0.15) is 0 Å². The molecule has 2 aliphatic rings. The average Bonchev–Trinajstić information content (AvgIpc) is 3.00. The maximum atomic E-state index is 12.1. The van der Waals surface area contributed by atoms with Crippen molar-refractivity contribution >= 4 is 29.4 Å². The van der Waals surface area contributed by atoms with Gasteiger partial charge in [0, 0.05) is 49.8 Å². The van der Waals surface area contributed by atoms with E-state index in [4.69, 9.17) is 0 Å². The number of nitrogens with zero attached hydrogens (tertiary/aromatic N) is 2. The van der Waals surface area contributed by atoms with Crippen LogP contribution >= 0.6 is 11.8 Å². The Labute approximate surface area is 135 Å². The van der Waals surface area contributed by atoms with E-state index in [1.807, 2.05) is 45.8 Å². The number of hydrogen-bond donors (Lipinski definition) is 1. The Kier molecular flexibility index (Phi) is 4.87. The highest BCUT2D eigenvalue weighted by atomic mass is 32.2. The molecular weight excluding hydrogens is 298 g/mol. The summed E-state index contributed by atoms with van der Waals surface area (Å²) >= 11 is 1.89. The molecule has 3 amide bonds. The summed E-state index contributed by atoms with van der Waals surface area (Å²) in [5.41, 5.74) is 1.96. The minimum Gasteiger partial charge on any atom is -0.334 e. The first-order valence-corrected chi connectivity index (χ1v) is 8.89. The largest absolute Gasteiger partial charge is 0.334 e. The number of anilines is 1. The standard InChI is InChI=1S/C16H21N3O2S/c20-15-5-2-6-19(15)14-4-1-3-13(11-14)12-17-16(21)18-7-9-22-10-8-18/h1,3-4,11H,2,5-10,12H2,(H,17,21). The molecule has 3 rings (SSSR count). The molecule has 0 aliphatic carbocycles. The molecule has 2 saturated heterocycles. The zero-order chi connectivity index (χ0) is 15.4. The minimum absolute atomic E-state index is 0.00273. The zero-order valence-electron chi connectivity index (χ0n) is 12.6. The van der Waals surface area contributed by atoms with Crippen LogP contribution in [0.25, 0.3) is 0 Å². The summed E-state index contributed by atoms with van der Waals surface area (Å²) in [6.45, 7) is 2.93. The molecule has 22 heavy (non-hydrogen) atoms. The monoisotopic (exact) mass is 319 g/mol. The molecule has 1 aromatic rings. The van der Waals surface area contributed by atoms with Gasteiger partial charge < -0.3 is 15.1 Å². The molecule has 0 aromatic heterocycles. The number of rotatable bonds is 3. The summed E-state index contributed by atoms with van der Waals surface area (Å²) in [6, 6.07) is 7.88. The van der Waals surface area contributed by atoms with Crippen LogP contribution in [-0.4, -0.2) is 48.0 Å². The predicted octanol–water partition coefficient (Wildman–Crippen LogP) is 2.07. The third-order valence-corrected chi connectivity index (χ3v) is 4.98. The maximum absolute atomic E-state index is 12.1. The van der Waals surface area contributed by atoms with Gasteiger partial charge in [0.15, 0.2) is 0 Å². The Bertz CT molecular complexity index is 558. The second-order valence-electron chi connectivity index (χ2n) is 5.58. The summed E-state index contributed by atoms with van der Waals surface area (Å²) in [5, 5.41) is 2.97. The van der Waals surface area contributed by atoms with E-state index in [0.29, 0.717) is 13.0 Å². The molecule has 0 spiro atoms. The quantitative estimate of drug-likeness (QED) is 0.928. The summed E-state index contributed by atoms with van der Waals surface area (Å²) in [7, 11) is 0. The highest BCUT2D eigenvalue weighted by molar-refractivity contribution is 7.99. The molecular formula is C16H21N3O2S. The van der Waals surface area contributed by atoms with Crippen molar-refractivity contribution in [1.29, 1.82) is 0 Å². The van der Waals surface area contributed by atoms with E-state index >= 15 is 0 Å². The van der Waals surface area contributed by atoms with E-state index in [1.54, 1.807) is 0 Å². The molecule has 1 aromatic carbocycles. The van der Waals surface area contributed by atoms with Gasteiger partial charge in [-0.1, -0.05) is 12.1 Å². The molecule has 2 fully saturated rings. The van der Waals surface area contributed by atoms with Gasteiger partial charge in [0.05, 0.1) is 0 Å². The number of carbonyl (C=O) groups excluding carboxylic acids is 2. The number of benzene rings is 1. The Balaban J connectivity index is 1.58. The van der Waals surface area contributed by atoms with Crippen molar-refractivity contribution < 1.29 is 9.59 Å². The summed E-state index contributed by atoms with van der Waals surface area (Å²) < 4.78 is 0. The lowest BCUT2D eigenvalue weighted by Gasteiger charge is -2.26. The Hall–Kier alpha value is -1.69. The van der Waals surface area contributed by atoms with Crippen LogP contribution in [0.5, 0.6) is 0 Å². The number of hydrogen-bond acceptors (Lipinski definition) is 3. The molecule has 2 aliphatic heterocycles. The van der Waals surface area contributed by atoms with Gasteiger partial charge >= 0.3 is 6.03 Å². The molecule has 0 unspecified atom stereocenters. The van der Waals surface area contributed by atoms with Crippen LogP contribution in [0.3, 0.4) is 0 Å². The second kappa shape index (κ2) is 7.05. The Morgan fingerprint density at radius 1 is 1.23 bits per heavy atom. The lowest BCUT2D eigenvalue weighted by atomic mass is 10.2. The van der Waals surface area contributed by atoms with Gasteiger partial charge in [-0.2, -0.15) is 11.8 Å². The van der Waals surface area contributed by atoms with Crippen LogP contribution in [0.1, 0.15) is 18.4 Å². The highest BCUT2D eigenvalue weighted by Crippen LogP contribution is 2.22. The first kappa shape index (κ1) is 15.2. The fraction of sp³-hybridized carbons (Fsp3) is 0.500. The van der Waals surface area contributed by atoms with Crippen LogP contribution in [0.15, 0.2) is 24.3 Å². The minimum atomic E-state index is 0.00273. The van der Waals surface area contributed by atoms with Crippen LogP contribution in [0.2, 0.25) is 0 Å². The summed E-state index contributed by atoms with van der Waals surface area (Å²) in [4.78, 5) is 27.6. The maximum Gasteiger partial charge on any atom is 0.317 e. The molecule has 2 heterocycles. The van der Waals surface area contributed by atoms with Crippen molar-refractivity contribution in [3.05, 3.63) is 29.8 Å². The highest BCUT2D eigenvalue weighted by Gasteiger charge is 2.22. The van der Waals surface area contributed by atoms with E-state index in [9.17, 15) is 9.59 Å². The van der Waals surface area contributed by atoms with Gasteiger partial charge in [-0.3, -0.25) is 4.79 Å². The first-order valence-electron chi connectivity index (χ1n) is 7.74. The van der Waals surface area contributed by atoms with Crippen LogP contribution in [-0.2, 0) is 11.3 Å². The van der Waals surface area contributed by atoms with Crippen LogP contribution in [0.4, 0.5) is 10.5 Å². The van der Waals surface area contributed by atoms with Crippen LogP contribution in [0, 0.1) is 0 Å². The third kappa shape index (κ3) is 3.55. The van der Waals surface area contributed by atoms with Gasteiger partial charge in [-0.15, -0.1) is 0 Å². The van der Waals surface area contributed by atoms with E-state index in [1.165, 1.54) is 0 Å². The Morgan fingerprint density at radius 3 is 2.77 bits per heavy atom. The fourth-order valence-corrected chi connectivity index (χ4v) is 3.71. The third-order valence-electron chi connectivity index (χ3n) is 4.04. The van der Waals surface area contributed by atoms with E-state index in [2.05, 4.69) is 5.32 Å². The first-order chi connectivity index (χ1) is 10.7. The topological polar surface area (TPSA) is 52.7 Å². The SMILES string of the molecule is O=C(NCc1cccc(N2CCCC2=O)c1)N1CCSCC1. The lowest BCUT2D eigenvalue weighted by molar-refractivity contribution is -0.117. The van der Waals surface area contributed by atoms with Crippen molar-refractivity contribution in [2.45, 2.75) is 19.4 Å². The van der Waals surface area contributed by atoms with E-state index in [0.717, 1.165) is 48.8 Å². The number of nitrogens with one attached hydrogen (secondary N) is 1. The van der Waals surface area contributed by atoms with Crippen molar-refractivity contribution in [3.63, 3.8) is 0 Å². The second-order valence-corrected chi connectivity index (χ2v) is 6.80. The molecule has 0 bridgehead atoms. The molecule has 0 saturated carbocycles. The molecule has 0 atom stereocenters. The van der Waals surface area contributed by atoms with Crippen molar-refractivity contribution in [1.82, 2.24) is 10.2 Å². The van der Waals surface area contributed by atoms with Crippen LogP contribution < -0.4 is 10.2 Å². The molecule has 1 N–H and O–H groups in total. The number of amides is 3. The molecule has 118 valence electrons. The van der Waals surface area contributed by atoms with Gasteiger partial charge in [0.25, 0.3) is 0 Å². The summed E-state index contributed by atoms with van der Waals surface area (Å²) in [6.07, 6.45) is 1.56. The van der Waals surface area contributed by atoms with Crippen molar-refractivity contribution in [2.75, 3.05) is 36.0 Å². The average molecular weight is 319 g/mol. The van der Waals surface area contributed by atoms with Gasteiger partial charge in [-0.25, -0.2) is 4.79 Å². The van der Waals surface area contributed by atoms with E-state index < -0.39 is 0 Å². The zero-order valence-corrected chi connectivity index (χ0v) is 13.4. The fourth-order valence-electron chi connectivity index (χ4n) is 2.81. The number of thioether (sulfide) groups is 1. The lowest BCUT2D eigenvalue weighted by Crippen LogP contribution is -2.44. The van der Waals surface area contributed by atoms with Gasteiger partial charge in [-0.05, 0) is 24.1 Å². The summed E-state index contributed by atoms with van der Waals surface area (Å²) in [5.74, 6) is 2.21. The van der Waals surface area contributed by atoms with Crippen molar-refractivity contribution in [2.24, 2.45) is 0 Å². The number of carbonyl (C=O) groups is 2. The van der Waals surface area contributed by atoms with E-state index in [-0.39, 0.29) is 11.9 Å². The Morgan fingerprint density at radius 2 is 2.05 bits per heavy atom. The molecule has 0 radical (unpaired) electrons. The van der Waals surface area contributed by atoms with Crippen molar-refractivity contribution in [3.8, 4) is 0 Å².